The van der Waals surface area contributed by atoms with E-state index in [9.17, 15) is 19.5 Å². The molecule has 2 atom stereocenters. The maximum atomic E-state index is 12.9. The molecule has 13 nitrogen and oxygen atoms in total. The molecule has 1 saturated heterocycles. The number of oxime groups is 1. The Bertz CT molecular complexity index is 1280. The predicted molar refractivity (Wildman–Crippen MR) is 130 cm³/mol. The van der Waals surface area contributed by atoms with Gasteiger partial charge in [-0.05, 0) is 0 Å². The second-order valence-electron chi connectivity index (χ2n) is 7.32. The van der Waals surface area contributed by atoms with E-state index in [1.165, 1.54) is 23.8 Å². The van der Waals surface area contributed by atoms with Gasteiger partial charge in [0.25, 0.3) is 11.8 Å². The number of aromatic nitrogens is 3. The van der Waals surface area contributed by atoms with E-state index < -0.39 is 29.2 Å². The number of carbonyl (C=O) groups excluding carboxylic acids is 2. The monoisotopic (exact) mass is 535 g/mol. The number of nitrogens with zero attached hydrogens (tertiary/aromatic N) is 5. The first-order chi connectivity index (χ1) is 16.7. The third kappa shape index (κ3) is 4.80. The SMILES string of the molecule is CO/N=C(\C(=O)N[C@@H]1C(=O)N2C(C(=O)O)=C(C[n+]3ccc(C(N)=S)cc3)CS[C@@H]12)c1nsc(N)n1. The van der Waals surface area contributed by atoms with E-state index in [-0.39, 0.29) is 33.9 Å². The molecule has 2 aromatic heterocycles. The molecule has 0 saturated carbocycles. The maximum absolute atomic E-state index is 12.9. The third-order valence-electron chi connectivity index (χ3n) is 5.14. The van der Waals surface area contributed by atoms with Gasteiger partial charge in [-0.3, -0.25) is 14.5 Å². The molecule has 16 heteroatoms. The minimum atomic E-state index is -1.23. The molecular weight excluding hydrogens is 516 g/mol. The summed E-state index contributed by atoms with van der Waals surface area (Å²) in [4.78, 5) is 47.9. The van der Waals surface area contributed by atoms with Gasteiger partial charge in [-0.25, -0.2) is 9.36 Å². The Labute approximate surface area is 212 Å². The normalized spacial score (nSPS) is 19.6. The van der Waals surface area contributed by atoms with Crippen molar-refractivity contribution < 1.29 is 28.9 Å². The highest BCUT2D eigenvalue weighted by molar-refractivity contribution is 8.00. The zero-order chi connectivity index (χ0) is 25.3. The van der Waals surface area contributed by atoms with Crippen LogP contribution in [0.4, 0.5) is 5.13 Å². The lowest BCUT2D eigenvalue weighted by atomic mass is 10.0. The maximum Gasteiger partial charge on any atom is 0.352 e. The molecule has 1 fully saturated rings. The number of β-lactam (4-membered cyclic amide) rings is 1. The van der Waals surface area contributed by atoms with E-state index in [0.717, 1.165) is 11.5 Å². The standard InChI is InChI=1S/C19H18N8O5S3/c1-32-24-10(14-23-19(21)35-25-14)15(28)22-11-16(29)27-12(18(30)31)9(7-34-17(11)27)6-26-4-2-8(3-5-26)13(20)33/h2-5,11,17H,6-7H2,1H3,(H5-,20,21,22,23,25,28,30,31,33)/p+1/b24-10-/t11-,17+/m1/s1. The predicted octanol–water partition coefficient (Wildman–Crippen LogP) is -1.17. The first kappa shape index (κ1) is 24.5. The average molecular weight is 536 g/mol. The van der Waals surface area contributed by atoms with E-state index in [0.29, 0.717) is 16.9 Å². The largest absolute Gasteiger partial charge is 0.477 e. The zero-order valence-electron chi connectivity index (χ0n) is 18.1. The lowest BCUT2D eigenvalue weighted by Crippen LogP contribution is -2.71. The summed E-state index contributed by atoms with van der Waals surface area (Å²) in [6, 6.07) is 2.50. The van der Waals surface area contributed by atoms with Gasteiger partial charge >= 0.3 is 5.97 Å². The van der Waals surface area contributed by atoms with Gasteiger partial charge in [0.1, 0.15) is 29.2 Å². The molecule has 182 valence electrons. The molecule has 2 amide bonds. The van der Waals surface area contributed by atoms with Crippen molar-refractivity contribution in [2.45, 2.75) is 18.0 Å². The van der Waals surface area contributed by atoms with Gasteiger partial charge in [0.15, 0.2) is 24.1 Å². The number of pyridine rings is 1. The van der Waals surface area contributed by atoms with Crippen molar-refractivity contribution in [2.24, 2.45) is 10.9 Å². The highest BCUT2D eigenvalue weighted by Gasteiger charge is 2.54. The Morgan fingerprint density at radius 2 is 2.14 bits per heavy atom. The molecule has 4 rings (SSSR count). The molecular formula is C19H19N8O5S3+. The number of carboxylic acids is 1. The lowest BCUT2D eigenvalue weighted by Gasteiger charge is -2.49. The average Bonchev–Trinajstić information content (AvgIpc) is 3.26. The minimum Gasteiger partial charge on any atom is -0.477 e. The summed E-state index contributed by atoms with van der Waals surface area (Å²) in [5.41, 5.74) is 12.1. The van der Waals surface area contributed by atoms with Crippen LogP contribution in [0.2, 0.25) is 0 Å². The second-order valence-corrected chi connectivity index (χ2v) is 9.65. The summed E-state index contributed by atoms with van der Waals surface area (Å²) in [6.45, 7) is 0.251. The van der Waals surface area contributed by atoms with Crippen LogP contribution in [0.5, 0.6) is 0 Å². The number of carbonyl (C=O) groups is 3. The molecule has 6 N–H and O–H groups in total. The van der Waals surface area contributed by atoms with Crippen molar-refractivity contribution in [3.05, 3.63) is 47.2 Å². The number of aliphatic carboxylic acids is 1. The van der Waals surface area contributed by atoms with Crippen LogP contribution in [-0.2, 0) is 25.8 Å². The van der Waals surface area contributed by atoms with Gasteiger partial charge in [0.05, 0.1) is 0 Å². The van der Waals surface area contributed by atoms with Gasteiger partial charge < -0.3 is 26.7 Å². The summed E-state index contributed by atoms with van der Waals surface area (Å²) >= 11 is 7.16. The van der Waals surface area contributed by atoms with E-state index >= 15 is 0 Å². The quantitative estimate of drug-likeness (QED) is 0.105. The van der Waals surface area contributed by atoms with Crippen molar-refractivity contribution in [3.63, 3.8) is 0 Å². The van der Waals surface area contributed by atoms with E-state index in [1.807, 2.05) is 0 Å². The Morgan fingerprint density at radius 1 is 1.43 bits per heavy atom. The highest BCUT2D eigenvalue weighted by atomic mass is 32.2. The van der Waals surface area contributed by atoms with Crippen molar-refractivity contribution in [1.29, 1.82) is 0 Å². The molecule has 0 bridgehead atoms. The minimum absolute atomic E-state index is 0.0429. The van der Waals surface area contributed by atoms with Crippen LogP contribution in [0.15, 0.2) is 41.0 Å². The molecule has 0 aromatic carbocycles. The Balaban J connectivity index is 1.52. The third-order valence-corrected chi connectivity index (χ3v) is 7.25. The number of amides is 2. The van der Waals surface area contributed by atoms with Crippen LogP contribution in [0.1, 0.15) is 11.4 Å². The fourth-order valence-electron chi connectivity index (χ4n) is 3.57. The number of anilines is 1. The summed E-state index contributed by atoms with van der Waals surface area (Å²) in [5.74, 6) is -2.23. The summed E-state index contributed by atoms with van der Waals surface area (Å²) in [5, 5.41) is 15.6. The number of hydrogen-bond acceptors (Lipinski definition) is 11. The molecule has 0 unspecified atom stereocenters. The fraction of sp³-hybridized carbons (Fsp3) is 0.263. The van der Waals surface area contributed by atoms with Crippen LogP contribution in [0.3, 0.4) is 0 Å². The molecule has 2 aliphatic heterocycles. The van der Waals surface area contributed by atoms with E-state index in [4.69, 9.17) is 28.5 Å². The topological polar surface area (TPSA) is 190 Å². The van der Waals surface area contributed by atoms with E-state index in [1.54, 1.807) is 29.1 Å². The summed E-state index contributed by atoms with van der Waals surface area (Å²) in [6.07, 6.45) is 3.46. The van der Waals surface area contributed by atoms with Crippen LogP contribution >= 0.6 is 35.5 Å². The van der Waals surface area contributed by atoms with Gasteiger partial charge in [-0.15, -0.1) is 11.8 Å². The number of nitrogen functional groups attached to an aromatic ring is 1. The van der Waals surface area contributed by atoms with Crippen LogP contribution in [-0.4, -0.2) is 72.1 Å². The number of fused-ring (bicyclic) bond motifs is 1. The molecule has 2 aromatic rings. The van der Waals surface area contributed by atoms with Crippen molar-refractivity contribution in [1.82, 2.24) is 19.6 Å². The molecule has 0 spiro atoms. The van der Waals surface area contributed by atoms with Gasteiger partial charge in [-0.2, -0.15) is 9.36 Å². The molecule has 0 radical (unpaired) electrons. The first-order valence-electron chi connectivity index (χ1n) is 9.91. The smallest absolute Gasteiger partial charge is 0.352 e. The Morgan fingerprint density at radius 3 is 2.71 bits per heavy atom. The van der Waals surface area contributed by atoms with Crippen LogP contribution < -0.4 is 21.4 Å². The molecule has 4 heterocycles. The van der Waals surface area contributed by atoms with E-state index in [2.05, 4.69) is 19.8 Å². The first-order valence-corrected chi connectivity index (χ1v) is 12.1. The number of thioether (sulfide) groups is 1. The number of hydrogen-bond donors (Lipinski definition) is 4. The number of nitrogens with two attached hydrogens (primary N) is 2. The number of carboxylic acid groups (broad SMARTS) is 1. The van der Waals surface area contributed by atoms with Gasteiger partial charge in [-0.1, -0.05) is 17.4 Å². The second kappa shape index (κ2) is 9.93. The molecule has 0 aliphatic carbocycles. The molecule has 35 heavy (non-hydrogen) atoms. The van der Waals surface area contributed by atoms with Gasteiger partial charge in [0, 0.05) is 40.6 Å². The zero-order valence-corrected chi connectivity index (χ0v) is 20.5. The Hall–Kier alpha value is -3.63. The van der Waals surface area contributed by atoms with Crippen LogP contribution in [0, 0.1) is 0 Å². The summed E-state index contributed by atoms with van der Waals surface area (Å²) < 4.78 is 5.71. The molecule has 2 aliphatic rings. The van der Waals surface area contributed by atoms with Gasteiger partial charge in [0.2, 0.25) is 11.5 Å². The number of thiocarbonyl (C=S) groups is 1. The highest BCUT2D eigenvalue weighted by Crippen LogP contribution is 2.40. The van der Waals surface area contributed by atoms with Crippen LogP contribution in [0.25, 0.3) is 0 Å². The van der Waals surface area contributed by atoms with Crippen molar-refractivity contribution in [3.8, 4) is 0 Å². The lowest BCUT2D eigenvalue weighted by molar-refractivity contribution is -0.689. The van der Waals surface area contributed by atoms with Crippen molar-refractivity contribution >= 4 is 69.1 Å². The summed E-state index contributed by atoms with van der Waals surface area (Å²) in [7, 11) is 1.25. The fourth-order valence-corrected chi connectivity index (χ4v) is 5.47. The number of rotatable bonds is 8. The van der Waals surface area contributed by atoms with Crippen molar-refractivity contribution in [2.75, 3.05) is 18.6 Å². The Kier molecular flexibility index (Phi) is 6.95. The number of nitrogens with one attached hydrogen (secondary N) is 1.